The molecule has 196 valence electrons. The van der Waals surface area contributed by atoms with Crippen molar-refractivity contribution in [2.75, 3.05) is 5.32 Å². The van der Waals surface area contributed by atoms with Crippen LogP contribution in [0, 0.1) is 11.3 Å². The molecule has 0 aromatic heterocycles. The van der Waals surface area contributed by atoms with Crippen LogP contribution in [0.5, 0.6) is 0 Å². The Kier molecular flexibility index (Phi) is 10.1. The topological polar surface area (TPSA) is 96.5 Å². The van der Waals surface area contributed by atoms with E-state index in [1.807, 2.05) is 95.3 Å². The molecule has 2 rings (SSSR count). The van der Waals surface area contributed by atoms with Crippen molar-refractivity contribution in [2.45, 2.75) is 79.1 Å². The Hall–Kier alpha value is -3.35. The van der Waals surface area contributed by atoms with Crippen molar-refractivity contribution in [3.63, 3.8) is 0 Å². The molecule has 3 N–H and O–H groups in total. The molecule has 2 amide bonds. The maximum absolute atomic E-state index is 13.4. The van der Waals surface area contributed by atoms with Crippen LogP contribution >= 0.6 is 0 Å². The summed E-state index contributed by atoms with van der Waals surface area (Å²) in [5.41, 5.74) is 0.0942. The third-order valence-electron chi connectivity index (χ3n) is 5.73. The summed E-state index contributed by atoms with van der Waals surface area (Å²) >= 11 is 0. The number of hydrogen-bond acceptors (Lipinski definition) is 5. The summed E-state index contributed by atoms with van der Waals surface area (Å²) in [5, 5.41) is 8.97. The van der Waals surface area contributed by atoms with Crippen LogP contribution in [0.1, 0.15) is 60.5 Å². The largest absolute Gasteiger partial charge is 0.459 e. The molecule has 0 saturated heterocycles. The fraction of sp³-hybridized carbons (Fsp3) is 0.483. The van der Waals surface area contributed by atoms with Crippen molar-refractivity contribution in [2.24, 2.45) is 11.3 Å². The number of carbonyl (C=O) groups excluding carboxylic acids is 3. The van der Waals surface area contributed by atoms with Gasteiger partial charge < -0.3 is 20.7 Å². The van der Waals surface area contributed by atoms with E-state index in [-0.39, 0.29) is 18.4 Å². The fourth-order valence-electron chi connectivity index (χ4n) is 3.70. The summed E-state index contributed by atoms with van der Waals surface area (Å²) < 4.78 is 5.51. The molecule has 0 bridgehead atoms. The molecule has 0 saturated carbocycles. The van der Waals surface area contributed by atoms with E-state index < -0.39 is 34.9 Å². The van der Waals surface area contributed by atoms with Gasteiger partial charge in [-0.3, -0.25) is 9.59 Å². The van der Waals surface area contributed by atoms with Crippen molar-refractivity contribution in [1.29, 1.82) is 0 Å². The van der Waals surface area contributed by atoms with Crippen molar-refractivity contribution in [3.8, 4) is 0 Å². The summed E-state index contributed by atoms with van der Waals surface area (Å²) in [6.07, 6.45) is 0.422. The zero-order valence-electron chi connectivity index (χ0n) is 22.6. The highest BCUT2D eigenvalue weighted by Gasteiger charge is 2.38. The highest BCUT2D eigenvalue weighted by Crippen LogP contribution is 2.22. The highest BCUT2D eigenvalue weighted by atomic mass is 16.5. The van der Waals surface area contributed by atoms with Crippen molar-refractivity contribution in [3.05, 3.63) is 66.2 Å². The van der Waals surface area contributed by atoms with Gasteiger partial charge in [0.15, 0.2) is 0 Å². The van der Waals surface area contributed by atoms with Crippen LogP contribution in [-0.2, 0) is 25.7 Å². The maximum Gasteiger partial charge on any atom is 0.328 e. The van der Waals surface area contributed by atoms with Gasteiger partial charge in [0.2, 0.25) is 11.8 Å². The van der Waals surface area contributed by atoms with Crippen LogP contribution in [0.15, 0.2) is 60.7 Å². The molecule has 7 heteroatoms. The Morgan fingerprint density at radius 1 is 0.833 bits per heavy atom. The highest BCUT2D eigenvalue weighted by molar-refractivity contribution is 5.95. The van der Waals surface area contributed by atoms with Crippen molar-refractivity contribution in [1.82, 2.24) is 10.6 Å². The summed E-state index contributed by atoms with van der Waals surface area (Å²) in [7, 11) is 0. The van der Waals surface area contributed by atoms with Crippen molar-refractivity contribution >= 4 is 23.5 Å². The van der Waals surface area contributed by atoms with Crippen LogP contribution in [-0.4, -0.2) is 35.4 Å². The lowest BCUT2D eigenvalue weighted by Crippen LogP contribution is -2.60. The van der Waals surface area contributed by atoms with E-state index in [1.165, 1.54) is 0 Å². The van der Waals surface area contributed by atoms with Crippen LogP contribution in [0.4, 0.5) is 5.69 Å². The summed E-state index contributed by atoms with van der Waals surface area (Å²) in [4.78, 5) is 39.6. The first-order valence-electron chi connectivity index (χ1n) is 12.4. The summed E-state index contributed by atoms with van der Waals surface area (Å²) in [5.74, 6) is -1.09. The molecule has 0 radical (unpaired) electrons. The Morgan fingerprint density at radius 3 is 1.92 bits per heavy atom. The Labute approximate surface area is 215 Å². The molecule has 0 heterocycles. The van der Waals surface area contributed by atoms with Crippen LogP contribution in [0.3, 0.4) is 0 Å². The fourth-order valence-corrected chi connectivity index (χ4v) is 3.70. The number of amides is 2. The second kappa shape index (κ2) is 12.6. The number of anilines is 1. The van der Waals surface area contributed by atoms with Crippen LogP contribution in [0.25, 0.3) is 0 Å². The molecule has 0 fully saturated rings. The standard InChI is InChI=1S/C29H41N3O4/c1-20(2)18-23(26(34)36-19-21-14-10-8-11-15-21)30-25(33)24(28(3,4)5)31-27(35)29(6,7)32-22-16-12-9-13-17-22/h8-17,20,23-24,32H,18-19H2,1-7H3,(H,30,33)(H,31,35)/t23-,24+/m0/s1. The molecule has 0 aliphatic rings. The van der Waals surface area contributed by atoms with Crippen LogP contribution in [0.2, 0.25) is 0 Å². The van der Waals surface area contributed by atoms with Gasteiger partial charge in [0.25, 0.3) is 0 Å². The van der Waals surface area contributed by atoms with Crippen LogP contribution < -0.4 is 16.0 Å². The smallest absolute Gasteiger partial charge is 0.328 e. The van der Waals surface area contributed by atoms with Crippen molar-refractivity contribution < 1.29 is 19.1 Å². The molecule has 2 aromatic rings. The Morgan fingerprint density at radius 2 is 1.39 bits per heavy atom. The van der Waals surface area contributed by atoms with Gasteiger partial charge in [-0.2, -0.15) is 0 Å². The molecule has 7 nitrogen and oxygen atoms in total. The third-order valence-corrected chi connectivity index (χ3v) is 5.73. The van der Waals surface area contributed by atoms with Gasteiger partial charge in [-0.05, 0) is 49.3 Å². The number of nitrogens with one attached hydrogen (secondary N) is 3. The number of benzene rings is 2. The maximum atomic E-state index is 13.4. The Bertz CT molecular complexity index is 998. The Balaban J connectivity index is 2.12. The van der Waals surface area contributed by atoms with Gasteiger partial charge in [0, 0.05) is 5.69 Å². The molecule has 0 unspecified atom stereocenters. The minimum atomic E-state index is -0.975. The quantitative estimate of drug-likeness (QED) is 0.393. The molecule has 0 aliphatic carbocycles. The predicted molar refractivity (Wildman–Crippen MR) is 143 cm³/mol. The van der Waals surface area contributed by atoms with Gasteiger partial charge in [-0.1, -0.05) is 83.1 Å². The molecule has 0 spiro atoms. The zero-order chi connectivity index (χ0) is 26.9. The monoisotopic (exact) mass is 495 g/mol. The van der Waals surface area contributed by atoms with E-state index in [2.05, 4.69) is 16.0 Å². The van der Waals surface area contributed by atoms with Gasteiger partial charge in [0.05, 0.1) is 0 Å². The molecule has 2 aromatic carbocycles. The summed E-state index contributed by atoms with van der Waals surface area (Å²) in [6.45, 7) is 13.2. The molecule has 36 heavy (non-hydrogen) atoms. The summed E-state index contributed by atoms with van der Waals surface area (Å²) in [6, 6.07) is 17.1. The number of para-hydroxylation sites is 1. The predicted octanol–water partition coefficient (Wildman–Crippen LogP) is 4.68. The van der Waals surface area contributed by atoms with E-state index in [0.29, 0.717) is 6.42 Å². The SMILES string of the molecule is CC(C)C[C@H](NC(=O)[C@@H](NC(=O)C(C)(C)Nc1ccccc1)C(C)(C)C)C(=O)OCc1ccccc1. The van der Waals surface area contributed by atoms with E-state index in [9.17, 15) is 14.4 Å². The second-order valence-electron chi connectivity index (χ2n) is 11.2. The number of rotatable bonds is 11. The molecule has 0 aliphatic heterocycles. The average Bonchev–Trinajstić information content (AvgIpc) is 2.80. The van der Waals surface area contributed by atoms with E-state index in [0.717, 1.165) is 11.3 Å². The number of carbonyl (C=O) groups is 3. The molecular weight excluding hydrogens is 454 g/mol. The third kappa shape index (κ3) is 9.02. The first-order chi connectivity index (χ1) is 16.8. The van der Waals surface area contributed by atoms with Gasteiger partial charge in [-0.15, -0.1) is 0 Å². The number of hydrogen-bond donors (Lipinski definition) is 3. The van der Waals surface area contributed by atoms with E-state index in [1.54, 1.807) is 13.8 Å². The average molecular weight is 496 g/mol. The number of ether oxygens (including phenoxy) is 1. The minimum absolute atomic E-state index is 0.128. The first kappa shape index (κ1) is 28.9. The second-order valence-corrected chi connectivity index (χ2v) is 11.2. The molecule has 2 atom stereocenters. The van der Waals surface area contributed by atoms with E-state index >= 15 is 0 Å². The molecular formula is C29H41N3O4. The lowest BCUT2D eigenvalue weighted by Gasteiger charge is -2.35. The van der Waals surface area contributed by atoms with Gasteiger partial charge in [-0.25, -0.2) is 4.79 Å². The first-order valence-corrected chi connectivity index (χ1v) is 12.4. The normalized spacial score (nSPS) is 13.4. The van der Waals surface area contributed by atoms with E-state index in [4.69, 9.17) is 4.74 Å². The van der Waals surface area contributed by atoms with Gasteiger partial charge >= 0.3 is 5.97 Å². The lowest BCUT2D eigenvalue weighted by molar-refractivity contribution is -0.150. The number of esters is 1. The minimum Gasteiger partial charge on any atom is -0.459 e. The zero-order valence-corrected chi connectivity index (χ0v) is 22.6. The van der Waals surface area contributed by atoms with Gasteiger partial charge in [0.1, 0.15) is 24.2 Å². The lowest BCUT2D eigenvalue weighted by atomic mass is 9.85.